The normalized spacial score (nSPS) is 42.5. The molecule has 3 fully saturated rings. The Hall–Kier alpha value is -1.39. The Labute approximate surface area is 191 Å². The first-order valence-corrected chi connectivity index (χ1v) is 19.5. The number of allylic oxidation sites excluding steroid dienone is 2. The van der Waals surface area contributed by atoms with E-state index >= 15 is 0 Å². The molecule has 0 unspecified atom stereocenters. The van der Waals surface area contributed by atoms with Crippen LogP contribution in [0.15, 0.2) is 72.8 Å². The van der Waals surface area contributed by atoms with Gasteiger partial charge in [-0.2, -0.15) is 0 Å². The Morgan fingerprint density at radius 1 is 0.742 bits per heavy atom. The zero-order valence-electron chi connectivity index (χ0n) is 20.1. The van der Waals surface area contributed by atoms with Crippen LogP contribution in [-0.2, 0) is 5.41 Å². The van der Waals surface area contributed by atoms with Crippen LogP contribution < -0.4 is 0 Å². The first-order chi connectivity index (χ1) is 14.7. The highest BCUT2D eigenvalue weighted by atomic mass is 28.3. The minimum absolute atomic E-state index is 0.407. The lowest BCUT2D eigenvalue weighted by molar-refractivity contribution is 0.417. The molecule has 3 saturated carbocycles. The molecule has 0 N–H and O–H groups in total. The number of rotatable bonds is 5. The van der Waals surface area contributed by atoms with Crippen LogP contribution in [0, 0.1) is 23.7 Å². The van der Waals surface area contributed by atoms with Gasteiger partial charge in [-0.3, -0.25) is 0 Å². The summed E-state index contributed by atoms with van der Waals surface area (Å²) in [7, 11) is -2.68. The number of hydrogen-bond donors (Lipinski definition) is 0. The van der Waals surface area contributed by atoms with Gasteiger partial charge in [0, 0.05) is 13.5 Å². The second kappa shape index (κ2) is 6.14. The van der Waals surface area contributed by atoms with Gasteiger partial charge in [0.05, 0.1) is 8.07 Å². The SMILES string of the molecule is C[Si](C)(C)[C@@H]1[C@H](c2ccccc2)[C@H]1[C@@H]1[C@@]2(c3ccccc3)[C@H]3C=C[C@H](C3)[C@@]12[Si](C)(C)C. The molecule has 0 nitrogen and oxygen atoms in total. The summed E-state index contributed by atoms with van der Waals surface area (Å²) in [5.41, 5.74) is 4.63. The Bertz CT molecular complexity index is 1030. The lowest BCUT2D eigenvalue weighted by Gasteiger charge is -2.37. The summed E-state index contributed by atoms with van der Waals surface area (Å²) >= 11 is 0. The van der Waals surface area contributed by atoms with Crippen molar-refractivity contribution >= 4 is 16.1 Å². The first-order valence-electron chi connectivity index (χ1n) is 12.5. The predicted molar refractivity (Wildman–Crippen MR) is 138 cm³/mol. The summed E-state index contributed by atoms with van der Waals surface area (Å²) in [6.45, 7) is 16.0. The second-order valence-electron chi connectivity index (χ2n) is 13.1. The van der Waals surface area contributed by atoms with Crippen LogP contribution in [0.25, 0.3) is 0 Å². The average Bonchev–Trinajstić information content (AvgIpc) is 3.53. The molecular formula is C29H38Si2. The molecule has 2 aromatic rings. The summed E-state index contributed by atoms with van der Waals surface area (Å²) in [6, 6.07) is 23.4. The largest absolute Gasteiger partial charge is 0.0848 e. The van der Waals surface area contributed by atoms with Crippen LogP contribution in [0.2, 0.25) is 49.9 Å². The Balaban J connectivity index is 1.54. The van der Waals surface area contributed by atoms with E-state index in [2.05, 4.69) is 112 Å². The first kappa shape index (κ1) is 20.2. The molecule has 8 atom stereocenters. The van der Waals surface area contributed by atoms with Crippen molar-refractivity contribution in [1.29, 1.82) is 0 Å². The van der Waals surface area contributed by atoms with Crippen molar-refractivity contribution in [3.63, 3.8) is 0 Å². The van der Waals surface area contributed by atoms with Crippen LogP contribution in [0.1, 0.15) is 23.5 Å². The van der Waals surface area contributed by atoms with E-state index < -0.39 is 16.1 Å². The van der Waals surface area contributed by atoms with E-state index in [9.17, 15) is 0 Å². The van der Waals surface area contributed by atoms with Gasteiger partial charge < -0.3 is 0 Å². The maximum atomic E-state index is 2.70. The second-order valence-corrected chi connectivity index (χ2v) is 23.8. The highest BCUT2D eigenvalue weighted by Gasteiger charge is 2.92. The van der Waals surface area contributed by atoms with Gasteiger partial charge in [-0.15, -0.1) is 0 Å². The van der Waals surface area contributed by atoms with Crippen molar-refractivity contribution in [2.75, 3.05) is 0 Å². The predicted octanol–water partition coefficient (Wildman–Crippen LogP) is 7.96. The quantitative estimate of drug-likeness (QED) is 0.325. The average molecular weight is 443 g/mol. The summed E-state index contributed by atoms with van der Waals surface area (Å²) in [5, 5.41) is 0.548. The fraction of sp³-hybridized carbons (Fsp3) is 0.517. The monoisotopic (exact) mass is 442 g/mol. The van der Waals surface area contributed by atoms with Gasteiger partial charge in [-0.25, -0.2) is 0 Å². The molecule has 6 rings (SSSR count). The van der Waals surface area contributed by atoms with Crippen molar-refractivity contribution in [1.82, 2.24) is 0 Å². The van der Waals surface area contributed by atoms with Crippen molar-refractivity contribution in [3.05, 3.63) is 83.9 Å². The molecule has 31 heavy (non-hydrogen) atoms. The van der Waals surface area contributed by atoms with E-state index in [4.69, 9.17) is 0 Å². The van der Waals surface area contributed by atoms with Crippen LogP contribution >= 0.6 is 0 Å². The molecule has 0 aromatic heterocycles. The number of hydrogen-bond acceptors (Lipinski definition) is 0. The summed E-state index contributed by atoms with van der Waals surface area (Å²) in [5.74, 6) is 4.11. The lowest BCUT2D eigenvalue weighted by Crippen LogP contribution is -2.38. The van der Waals surface area contributed by atoms with E-state index in [0.29, 0.717) is 10.5 Å². The molecule has 0 saturated heterocycles. The zero-order valence-corrected chi connectivity index (χ0v) is 22.1. The van der Waals surface area contributed by atoms with Gasteiger partial charge in [0.2, 0.25) is 0 Å². The van der Waals surface area contributed by atoms with Gasteiger partial charge in [0.1, 0.15) is 0 Å². The molecule has 0 spiro atoms. The molecule has 4 aliphatic carbocycles. The van der Waals surface area contributed by atoms with E-state index in [1.165, 1.54) is 6.42 Å². The molecule has 0 aliphatic heterocycles. The zero-order chi connectivity index (χ0) is 21.8. The Morgan fingerprint density at radius 3 is 1.90 bits per heavy atom. The maximum absolute atomic E-state index is 2.70. The van der Waals surface area contributed by atoms with Crippen LogP contribution in [0.5, 0.6) is 0 Å². The third kappa shape index (κ3) is 2.31. The van der Waals surface area contributed by atoms with Crippen LogP contribution in [-0.4, -0.2) is 16.1 Å². The van der Waals surface area contributed by atoms with Crippen molar-refractivity contribution in [2.24, 2.45) is 23.7 Å². The maximum Gasteiger partial charge on any atom is 0.0528 e. The number of benzene rings is 2. The number of fused-ring (bicyclic) bond motifs is 5. The third-order valence-electron chi connectivity index (χ3n) is 9.97. The highest BCUT2D eigenvalue weighted by molar-refractivity contribution is 6.81. The van der Waals surface area contributed by atoms with Crippen molar-refractivity contribution in [2.45, 2.75) is 67.6 Å². The standard InChI is InChI=1S/C29H38Si2/c1-30(2,3)26-24(20-13-9-7-10-14-20)25(26)27-28(21-15-11-8-12-16-21)22-17-18-23(19-22)29(27,28)31(4,5)6/h7-18,22-27H,19H2,1-6H3/t22-,23+,24+,25+,26+,27+,28+,29+/m0/s1. The minimum atomic E-state index is -1.42. The summed E-state index contributed by atoms with van der Waals surface area (Å²) in [4.78, 5) is 0. The summed E-state index contributed by atoms with van der Waals surface area (Å²) in [6.07, 6.45) is 6.71. The fourth-order valence-electron chi connectivity index (χ4n) is 9.57. The van der Waals surface area contributed by atoms with Gasteiger partial charge in [0.15, 0.2) is 0 Å². The van der Waals surface area contributed by atoms with E-state index in [1.807, 2.05) is 0 Å². The van der Waals surface area contributed by atoms with Crippen molar-refractivity contribution < 1.29 is 0 Å². The molecule has 0 amide bonds. The van der Waals surface area contributed by atoms with E-state index in [0.717, 1.165) is 35.1 Å². The minimum Gasteiger partial charge on any atom is -0.0848 e. The molecule has 4 aliphatic rings. The molecule has 162 valence electrons. The highest BCUT2D eigenvalue weighted by Crippen LogP contribution is 2.97. The molecule has 2 bridgehead atoms. The van der Waals surface area contributed by atoms with Gasteiger partial charge in [-0.05, 0) is 57.7 Å². The Morgan fingerprint density at radius 2 is 1.32 bits per heavy atom. The molecule has 0 heterocycles. The van der Waals surface area contributed by atoms with E-state index in [1.54, 1.807) is 11.1 Å². The van der Waals surface area contributed by atoms with Gasteiger partial charge in [-0.1, -0.05) is 112 Å². The van der Waals surface area contributed by atoms with Crippen LogP contribution in [0.4, 0.5) is 0 Å². The van der Waals surface area contributed by atoms with Gasteiger partial charge >= 0.3 is 0 Å². The molecule has 2 heteroatoms. The molecule has 2 aromatic carbocycles. The van der Waals surface area contributed by atoms with Gasteiger partial charge in [0.25, 0.3) is 0 Å². The molecular weight excluding hydrogens is 404 g/mol. The Kier molecular flexibility index (Phi) is 4.01. The lowest BCUT2D eigenvalue weighted by atomic mass is 9.80. The van der Waals surface area contributed by atoms with Crippen molar-refractivity contribution in [3.8, 4) is 0 Å². The summed E-state index contributed by atoms with van der Waals surface area (Å²) < 4.78 is 0. The fourth-order valence-corrected chi connectivity index (χ4v) is 16.8. The van der Waals surface area contributed by atoms with E-state index in [-0.39, 0.29) is 0 Å². The smallest absolute Gasteiger partial charge is 0.0528 e. The van der Waals surface area contributed by atoms with Crippen LogP contribution in [0.3, 0.4) is 0 Å². The third-order valence-corrected chi connectivity index (χ3v) is 16.3. The molecule has 0 radical (unpaired) electrons. The topological polar surface area (TPSA) is 0 Å².